The number of ketones is 3. The van der Waals surface area contributed by atoms with Gasteiger partial charge >= 0.3 is 0 Å². The van der Waals surface area contributed by atoms with E-state index in [0.29, 0.717) is 0 Å². The molecule has 0 aromatic heterocycles. The van der Waals surface area contributed by atoms with Gasteiger partial charge in [-0.1, -0.05) is 0 Å². The van der Waals surface area contributed by atoms with Gasteiger partial charge in [-0.2, -0.15) is 0 Å². The Kier molecular flexibility index (Phi) is 6.39. The van der Waals surface area contributed by atoms with Gasteiger partial charge in [0.1, 0.15) is 23.3 Å². The zero-order valence-electron chi connectivity index (χ0n) is 7.01. The van der Waals surface area contributed by atoms with Crippen molar-refractivity contribution in [3.05, 3.63) is 0 Å². The molecule has 0 fully saturated rings. The Labute approximate surface area is 78.3 Å². The maximum Gasteiger partial charge on any atom is 0.147 e. The predicted octanol–water partition coefficient (Wildman–Crippen LogP) is 0.367. The van der Waals surface area contributed by atoms with E-state index in [-0.39, 0.29) is 36.8 Å². The molecule has 0 saturated heterocycles. The van der Waals surface area contributed by atoms with Gasteiger partial charge in [-0.15, -0.1) is 0 Å². The van der Waals surface area contributed by atoms with E-state index in [1.54, 1.807) is 0 Å². The summed E-state index contributed by atoms with van der Waals surface area (Å²) in [7, 11) is 0. The van der Waals surface area contributed by atoms with E-state index in [2.05, 4.69) is 0 Å². The second-order valence-electron chi connectivity index (χ2n) is 2.26. The molecule has 0 heterocycles. The Bertz CT molecular complexity index is 153. The van der Waals surface area contributed by atoms with E-state index in [1.807, 2.05) is 0 Å². The second kappa shape index (κ2) is 5.31. The van der Waals surface area contributed by atoms with E-state index >= 15 is 0 Å². The van der Waals surface area contributed by atoms with Crippen molar-refractivity contribution in [3.63, 3.8) is 0 Å². The normalized spacial score (nSPS) is 8.73. The molecule has 0 spiro atoms. The number of Topliss-reactive ketones (excluding diaryl/α,β-unsaturated/α-hetero) is 3. The first-order valence-electron chi connectivity index (χ1n) is 2.98. The predicted molar refractivity (Wildman–Crippen MR) is 35.5 cm³/mol. The van der Waals surface area contributed by atoms with Crippen LogP contribution in [0.3, 0.4) is 0 Å². The topological polar surface area (TPSA) is 51.2 Å². The maximum atomic E-state index is 10.6. The largest absolute Gasteiger partial charge is 0.299 e. The van der Waals surface area contributed by atoms with Crippen LogP contribution in [0.2, 0.25) is 0 Å². The van der Waals surface area contributed by atoms with Gasteiger partial charge in [0.15, 0.2) is 0 Å². The summed E-state index contributed by atoms with van der Waals surface area (Å²) in [6, 6.07) is 0. The van der Waals surface area contributed by atoms with Crippen LogP contribution >= 0.6 is 0 Å². The summed E-state index contributed by atoms with van der Waals surface area (Å²) in [6.45, 7) is 3.73. The van der Waals surface area contributed by atoms with Crippen LogP contribution in [0.25, 0.3) is 0 Å². The Hall–Kier alpha value is -0.367. The van der Waals surface area contributed by atoms with Gasteiger partial charge < -0.3 is 0 Å². The summed E-state index contributed by atoms with van der Waals surface area (Å²) < 4.78 is 0. The Morgan fingerprint density at radius 2 is 1.00 bits per heavy atom. The van der Waals surface area contributed by atoms with E-state index in [1.165, 1.54) is 20.8 Å². The number of carbonyl (C=O) groups is 3. The average molecular weight is 208 g/mol. The fraction of sp³-hybridized carbons (Fsp3) is 0.571. The Morgan fingerprint density at radius 3 is 1.00 bits per heavy atom. The first-order chi connectivity index (χ1) is 4.46. The third-order valence-electron chi connectivity index (χ3n) is 1.22. The molecule has 0 aliphatic carbocycles. The molecule has 4 heteroatoms. The Balaban J connectivity index is 0. The summed E-state index contributed by atoms with van der Waals surface area (Å²) in [5.74, 6) is -2.15. The van der Waals surface area contributed by atoms with Gasteiger partial charge in [0.05, 0.1) is 0 Å². The SMILES string of the molecule is CC(=O)C(C(C)=O)C(C)=O.[Zn]. The summed E-state index contributed by atoms with van der Waals surface area (Å²) in [5.41, 5.74) is 0. The van der Waals surface area contributed by atoms with E-state index in [9.17, 15) is 14.4 Å². The molecule has 0 aliphatic heterocycles. The Morgan fingerprint density at radius 1 is 0.818 bits per heavy atom. The summed E-state index contributed by atoms with van der Waals surface area (Å²) in [5, 5.41) is 0. The average Bonchev–Trinajstić information content (AvgIpc) is 1.59. The van der Waals surface area contributed by atoms with Crippen LogP contribution < -0.4 is 0 Å². The van der Waals surface area contributed by atoms with Crippen molar-refractivity contribution in [2.75, 3.05) is 0 Å². The van der Waals surface area contributed by atoms with Crippen LogP contribution in [0.1, 0.15) is 20.8 Å². The van der Waals surface area contributed by atoms with Crippen molar-refractivity contribution in [2.45, 2.75) is 20.8 Å². The van der Waals surface area contributed by atoms with Crippen molar-refractivity contribution < 1.29 is 33.9 Å². The van der Waals surface area contributed by atoms with Crippen molar-refractivity contribution in [2.24, 2.45) is 5.92 Å². The number of hydrogen-bond donors (Lipinski definition) is 0. The maximum absolute atomic E-state index is 10.6. The summed E-state index contributed by atoms with van der Waals surface area (Å²) >= 11 is 0. The third kappa shape index (κ3) is 4.15. The van der Waals surface area contributed by atoms with Gasteiger partial charge in [0.25, 0.3) is 0 Å². The number of carbonyl (C=O) groups excluding carboxylic acids is 3. The fourth-order valence-corrected chi connectivity index (χ4v) is 0.859. The molecule has 3 nitrogen and oxygen atoms in total. The van der Waals surface area contributed by atoms with E-state index in [4.69, 9.17) is 0 Å². The molecule has 0 rings (SSSR count). The molecular weight excluding hydrogens is 197 g/mol. The van der Waals surface area contributed by atoms with Crippen molar-refractivity contribution in [1.29, 1.82) is 0 Å². The summed E-state index contributed by atoms with van der Waals surface area (Å²) in [6.07, 6.45) is 0. The quantitative estimate of drug-likeness (QED) is 0.496. The molecule has 0 saturated carbocycles. The minimum absolute atomic E-state index is 0. The molecule has 0 N–H and O–H groups in total. The minimum Gasteiger partial charge on any atom is -0.299 e. The molecule has 0 bridgehead atoms. The van der Waals surface area contributed by atoms with Crippen molar-refractivity contribution in [1.82, 2.24) is 0 Å². The van der Waals surface area contributed by atoms with E-state index in [0.717, 1.165) is 0 Å². The smallest absolute Gasteiger partial charge is 0.147 e. The van der Waals surface area contributed by atoms with Crippen LogP contribution in [0.5, 0.6) is 0 Å². The zero-order valence-corrected chi connectivity index (χ0v) is 9.98. The molecule has 0 aromatic carbocycles. The summed E-state index contributed by atoms with van der Waals surface area (Å²) in [4.78, 5) is 31.8. The molecule has 0 atom stereocenters. The molecule has 0 unspecified atom stereocenters. The zero-order chi connectivity index (χ0) is 8.31. The molecule has 0 amide bonds. The monoisotopic (exact) mass is 206 g/mol. The van der Waals surface area contributed by atoms with Crippen LogP contribution in [0.15, 0.2) is 0 Å². The molecule has 58 valence electrons. The third-order valence-corrected chi connectivity index (χ3v) is 1.22. The number of rotatable bonds is 3. The first kappa shape index (κ1) is 13.2. The molecular formula is C7H10O3Zn. The standard InChI is InChI=1S/C7H10O3.Zn/c1-4(8)7(5(2)9)6(3)10;/h7H,1-3H3;. The number of hydrogen-bond acceptors (Lipinski definition) is 3. The van der Waals surface area contributed by atoms with Gasteiger partial charge in [-0.05, 0) is 20.8 Å². The second-order valence-corrected chi connectivity index (χ2v) is 2.26. The molecule has 11 heavy (non-hydrogen) atoms. The van der Waals surface area contributed by atoms with Crippen LogP contribution in [0.4, 0.5) is 0 Å². The minimum atomic E-state index is -1.03. The van der Waals surface area contributed by atoms with Crippen molar-refractivity contribution in [3.8, 4) is 0 Å². The molecule has 0 radical (unpaired) electrons. The first-order valence-corrected chi connectivity index (χ1v) is 2.98. The molecule has 0 aromatic rings. The van der Waals surface area contributed by atoms with Crippen LogP contribution in [-0.2, 0) is 33.9 Å². The van der Waals surface area contributed by atoms with Gasteiger partial charge in [0.2, 0.25) is 0 Å². The molecule has 0 aliphatic rings. The van der Waals surface area contributed by atoms with Gasteiger partial charge in [-0.3, -0.25) is 14.4 Å². The van der Waals surface area contributed by atoms with Gasteiger partial charge in [-0.25, -0.2) is 0 Å². The fourth-order valence-electron chi connectivity index (χ4n) is 0.859. The van der Waals surface area contributed by atoms with E-state index < -0.39 is 5.92 Å². The van der Waals surface area contributed by atoms with Gasteiger partial charge in [0, 0.05) is 19.5 Å². The van der Waals surface area contributed by atoms with Crippen LogP contribution in [-0.4, -0.2) is 17.3 Å². The van der Waals surface area contributed by atoms with Crippen molar-refractivity contribution >= 4 is 17.3 Å². The van der Waals surface area contributed by atoms with Crippen LogP contribution in [0, 0.1) is 5.92 Å².